The molecule has 0 fully saturated rings. The fraction of sp³-hybridized carbons (Fsp3) is 0.188. The Hall–Kier alpha value is -2.69. The van der Waals surface area contributed by atoms with Gasteiger partial charge in [0.05, 0.1) is 7.11 Å². The second-order valence-electron chi connectivity index (χ2n) is 4.77. The molecule has 2 rings (SSSR count). The third-order valence-corrected chi connectivity index (χ3v) is 3.23. The first-order valence-corrected chi connectivity index (χ1v) is 6.41. The molecule has 0 bridgehead atoms. The number of methoxy groups -OCH3 is 1. The molecule has 0 aliphatic rings. The molecule has 0 saturated heterocycles. The van der Waals surface area contributed by atoms with Crippen molar-refractivity contribution in [3.8, 4) is 17.2 Å². The van der Waals surface area contributed by atoms with Crippen LogP contribution in [0.25, 0.3) is 0 Å². The van der Waals surface area contributed by atoms with E-state index in [9.17, 15) is 15.0 Å². The Balaban J connectivity index is 2.32. The van der Waals surface area contributed by atoms with Crippen molar-refractivity contribution in [3.63, 3.8) is 0 Å². The van der Waals surface area contributed by atoms with E-state index in [1.165, 1.54) is 0 Å². The molecule has 0 unspecified atom stereocenters. The monoisotopic (exact) mass is 287 g/mol. The van der Waals surface area contributed by atoms with E-state index in [0.717, 1.165) is 0 Å². The molecule has 1 amide bonds. The van der Waals surface area contributed by atoms with E-state index < -0.39 is 5.91 Å². The summed E-state index contributed by atoms with van der Waals surface area (Å²) in [5.41, 5.74) is 1.48. The fourth-order valence-electron chi connectivity index (χ4n) is 2.05. The van der Waals surface area contributed by atoms with E-state index in [-0.39, 0.29) is 17.1 Å². The lowest BCUT2D eigenvalue weighted by Crippen LogP contribution is -2.13. The number of aromatic hydroxyl groups is 2. The van der Waals surface area contributed by atoms with Gasteiger partial charge in [0.2, 0.25) is 0 Å². The maximum Gasteiger partial charge on any atom is 0.263 e. The molecular weight excluding hydrogens is 270 g/mol. The van der Waals surface area contributed by atoms with Crippen LogP contribution in [0.1, 0.15) is 21.5 Å². The SMILES string of the molecule is COc1ccc(NC(=O)c2c(O)c(C)cc(C)c2O)cc1. The Morgan fingerprint density at radius 1 is 1.05 bits per heavy atom. The molecule has 21 heavy (non-hydrogen) atoms. The summed E-state index contributed by atoms with van der Waals surface area (Å²) in [5.74, 6) is -0.333. The first kappa shape index (κ1) is 14.7. The van der Waals surface area contributed by atoms with Gasteiger partial charge in [0.1, 0.15) is 22.8 Å². The molecule has 3 N–H and O–H groups in total. The van der Waals surface area contributed by atoms with E-state index in [4.69, 9.17) is 4.74 Å². The third-order valence-electron chi connectivity index (χ3n) is 3.23. The number of hydrogen-bond acceptors (Lipinski definition) is 4. The van der Waals surface area contributed by atoms with Crippen LogP contribution in [0, 0.1) is 13.8 Å². The number of amides is 1. The summed E-state index contributed by atoms with van der Waals surface area (Å²) < 4.78 is 5.04. The van der Waals surface area contributed by atoms with E-state index in [2.05, 4.69) is 5.32 Å². The van der Waals surface area contributed by atoms with Crippen LogP contribution in [0.15, 0.2) is 30.3 Å². The van der Waals surface area contributed by atoms with Crippen LogP contribution in [0.3, 0.4) is 0 Å². The second kappa shape index (κ2) is 5.75. The van der Waals surface area contributed by atoms with Crippen molar-refractivity contribution in [1.82, 2.24) is 0 Å². The summed E-state index contributed by atoms with van der Waals surface area (Å²) in [6.07, 6.45) is 0. The van der Waals surface area contributed by atoms with E-state index in [1.807, 2.05) is 0 Å². The highest BCUT2D eigenvalue weighted by Gasteiger charge is 2.20. The average Bonchev–Trinajstić information content (AvgIpc) is 2.46. The Morgan fingerprint density at radius 2 is 1.57 bits per heavy atom. The minimum Gasteiger partial charge on any atom is -0.507 e. The Bertz CT molecular complexity index is 651. The van der Waals surface area contributed by atoms with Crippen LogP contribution in [0.2, 0.25) is 0 Å². The van der Waals surface area contributed by atoms with Crippen LogP contribution < -0.4 is 10.1 Å². The zero-order valence-electron chi connectivity index (χ0n) is 12.1. The van der Waals surface area contributed by atoms with Crippen molar-refractivity contribution in [2.45, 2.75) is 13.8 Å². The van der Waals surface area contributed by atoms with Crippen molar-refractivity contribution in [2.24, 2.45) is 0 Å². The lowest BCUT2D eigenvalue weighted by molar-refractivity contribution is 0.102. The Morgan fingerprint density at radius 3 is 2.05 bits per heavy atom. The number of benzene rings is 2. The number of phenols is 2. The summed E-state index contributed by atoms with van der Waals surface area (Å²) in [4.78, 5) is 12.3. The molecule has 5 nitrogen and oxygen atoms in total. The van der Waals surface area contributed by atoms with Crippen molar-refractivity contribution >= 4 is 11.6 Å². The van der Waals surface area contributed by atoms with Gasteiger partial charge >= 0.3 is 0 Å². The molecule has 110 valence electrons. The van der Waals surface area contributed by atoms with Crippen molar-refractivity contribution in [3.05, 3.63) is 47.0 Å². The number of hydrogen-bond donors (Lipinski definition) is 3. The summed E-state index contributed by atoms with van der Waals surface area (Å²) in [6.45, 7) is 3.35. The van der Waals surface area contributed by atoms with E-state index >= 15 is 0 Å². The molecule has 0 saturated carbocycles. The minimum absolute atomic E-state index is 0.122. The normalized spacial score (nSPS) is 10.2. The smallest absolute Gasteiger partial charge is 0.263 e. The van der Waals surface area contributed by atoms with Gasteiger partial charge in [-0.3, -0.25) is 4.79 Å². The van der Waals surface area contributed by atoms with Gasteiger partial charge in [-0.2, -0.15) is 0 Å². The van der Waals surface area contributed by atoms with Gasteiger partial charge < -0.3 is 20.3 Å². The number of carbonyl (C=O) groups excluding carboxylic acids is 1. The third kappa shape index (κ3) is 2.91. The van der Waals surface area contributed by atoms with Gasteiger partial charge in [-0.1, -0.05) is 0 Å². The number of carbonyl (C=O) groups is 1. The highest BCUT2D eigenvalue weighted by atomic mass is 16.5. The lowest BCUT2D eigenvalue weighted by atomic mass is 10.0. The minimum atomic E-state index is -0.568. The van der Waals surface area contributed by atoms with Gasteiger partial charge in [0.25, 0.3) is 5.91 Å². The molecular formula is C16H17NO4. The Kier molecular flexibility index (Phi) is 4.03. The first-order chi connectivity index (χ1) is 9.93. The van der Waals surface area contributed by atoms with Gasteiger partial charge in [0.15, 0.2) is 0 Å². The highest BCUT2D eigenvalue weighted by molar-refractivity contribution is 6.08. The standard InChI is InChI=1S/C16H17NO4/c1-9-8-10(2)15(19)13(14(9)18)16(20)17-11-4-6-12(21-3)7-5-11/h4-8,18-19H,1-3H3,(H,17,20). The maximum atomic E-state index is 12.3. The number of anilines is 1. The van der Waals surface area contributed by atoms with Crippen LogP contribution in [0.5, 0.6) is 17.2 Å². The molecule has 0 aromatic heterocycles. The second-order valence-corrected chi connectivity index (χ2v) is 4.77. The number of phenolic OH excluding ortho intramolecular Hbond substituents is 2. The number of aryl methyl sites for hydroxylation is 2. The highest BCUT2D eigenvalue weighted by Crippen LogP contribution is 2.34. The predicted molar refractivity (Wildman–Crippen MR) is 80.2 cm³/mol. The lowest BCUT2D eigenvalue weighted by Gasteiger charge is -2.12. The Labute approximate surface area is 122 Å². The molecule has 0 aliphatic heterocycles. The fourth-order valence-corrected chi connectivity index (χ4v) is 2.05. The van der Waals surface area contributed by atoms with Crippen LogP contribution >= 0.6 is 0 Å². The van der Waals surface area contributed by atoms with Gasteiger partial charge in [-0.15, -0.1) is 0 Å². The zero-order valence-corrected chi connectivity index (χ0v) is 12.1. The molecule has 0 atom stereocenters. The average molecular weight is 287 g/mol. The molecule has 0 radical (unpaired) electrons. The van der Waals surface area contributed by atoms with Gasteiger partial charge in [-0.25, -0.2) is 0 Å². The van der Waals surface area contributed by atoms with Crippen molar-refractivity contribution in [1.29, 1.82) is 0 Å². The molecule has 2 aromatic carbocycles. The summed E-state index contributed by atoms with van der Waals surface area (Å²) in [6, 6.07) is 8.38. The molecule has 0 aliphatic carbocycles. The van der Waals surface area contributed by atoms with E-state index in [0.29, 0.717) is 22.6 Å². The quantitative estimate of drug-likeness (QED) is 0.811. The van der Waals surface area contributed by atoms with E-state index in [1.54, 1.807) is 51.3 Å². The van der Waals surface area contributed by atoms with Crippen LogP contribution in [-0.2, 0) is 0 Å². The van der Waals surface area contributed by atoms with Gasteiger partial charge in [0, 0.05) is 5.69 Å². The van der Waals surface area contributed by atoms with Crippen molar-refractivity contribution < 1.29 is 19.7 Å². The number of ether oxygens (including phenoxy) is 1. The largest absolute Gasteiger partial charge is 0.507 e. The predicted octanol–water partition coefficient (Wildman–Crippen LogP) is 2.98. The summed E-state index contributed by atoms with van der Waals surface area (Å²) >= 11 is 0. The zero-order chi connectivity index (χ0) is 15.6. The number of nitrogens with one attached hydrogen (secondary N) is 1. The molecule has 2 aromatic rings. The summed E-state index contributed by atoms with van der Waals surface area (Å²) in [5, 5.41) is 22.6. The van der Waals surface area contributed by atoms with Crippen molar-refractivity contribution in [2.75, 3.05) is 12.4 Å². The molecule has 0 heterocycles. The topological polar surface area (TPSA) is 78.8 Å². The van der Waals surface area contributed by atoms with Crippen LogP contribution in [0.4, 0.5) is 5.69 Å². The van der Waals surface area contributed by atoms with Crippen LogP contribution in [-0.4, -0.2) is 23.2 Å². The first-order valence-electron chi connectivity index (χ1n) is 6.41. The summed E-state index contributed by atoms with van der Waals surface area (Å²) in [7, 11) is 1.55. The molecule has 5 heteroatoms. The number of rotatable bonds is 3. The molecule has 0 spiro atoms. The van der Waals surface area contributed by atoms with Gasteiger partial charge in [-0.05, 0) is 55.3 Å². The maximum absolute atomic E-state index is 12.3.